The predicted octanol–water partition coefficient (Wildman–Crippen LogP) is 3.94. The lowest BCUT2D eigenvalue weighted by Crippen LogP contribution is -2.27. The molecule has 0 saturated carbocycles. The zero-order chi connectivity index (χ0) is 22.4. The molecule has 162 valence electrons. The van der Waals surface area contributed by atoms with E-state index in [4.69, 9.17) is 26.4 Å². The Morgan fingerprint density at radius 3 is 2.55 bits per heavy atom. The Kier molecular flexibility index (Phi) is 7.54. The highest BCUT2D eigenvalue weighted by Gasteiger charge is 2.30. The molecule has 31 heavy (non-hydrogen) atoms. The van der Waals surface area contributed by atoms with Crippen LogP contribution < -0.4 is 19.5 Å². The van der Waals surface area contributed by atoms with Crippen molar-refractivity contribution in [3.05, 3.63) is 52.9 Å². The second kappa shape index (κ2) is 10.3. The summed E-state index contributed by atoms with van der Waals surface area (Å²) in [6, 6.07) is 12.3. The van der Waals surface area contributed by atoms with Crippen LogP contribution >= 0.6 is 24.0 Å². The SMILES string of the molecule is CCN1C(=O)/C(=C\c2ccc(OCC(=O)Nc3ccccc3OC)c(OC)c2)SC1=S. The van der Waals surface area contributed by atoms with Crippen molar-refractivity contribution < 1.29 is 23.8 Å². The van der Waals surface area contributed by atoms with Crippen LogP contribution in [0.3, 0.4) is 0 Å². The second-order valence-electron chi connectivity index (χ2n) is 6.37. The Balaban J connectivity index is 1.68. The minimum absolute atomic E-state index is 0.107. The molecule has 0 atom stereocenters. The van der Waals surface area contributed by atoms with Gasteiger partial charge in [0.15, 0.2) is 18.1 Å². The number of nitrogens with one attached hydrogen (secondary N) is 1. The highest BCUT2D eigenvalue weighted by molar-refractivity contribution is 8.26. The lowest BCUT2D eigenvalue weighted by Gasteiger charge is -2.13. The quantitative estimate of drug-likeness (QED) is 0.474. The number of carbonyl (C=O) groups excluding carboxylic acids is 2. The van der Waals surface area contributed by atoms with Crippen molar-refractivity contribution in [1.82, 2.24) is 4.90 Å². The minimum Gasteiger partial charge on any atom is -0.495 e. The standard InChI is InChI=1S/C22H22N2O5S2/c1-4-24-21(26)19(31-22(24)30)12-14-9-10-17(18(11-14)28-3)29-13-20(25)23-15-7-5-6-8-16(15)27-2/h5-12H,4,13H2,1-3H3,(H,23,25)/b19-12+. The smallest absolute Gasteiger partial charge is 0.266 e. The molecule has 1 N–H and O–H groups in total. The van der Waals surface area contributed by atoms with E-state index in [1.54, 1.807) is 47.4 Å². The molecule has 0 unspecified atom stereocenters. The van der Waals surface area contributed by atoms with E-state index in [0.29, 0.717) is 38.7 Å². The molecule has 0 spiro atoms. The number of hydrogen-bond acceptors (Lipinski definition) is 7. The Labute approximate surface area is 190 Å². The van der Waals surface area contributed by atoms with E-state index in [1.165, 1.54) is 26.0 Å². The van der Waals surface area contributed by atoms with Gasteiger partial charge < -0.3 is 19.5 Å². The zero-order valence-electron chi connectivity index (χ0n) is 17.3. The number of para-hydroxylation sites is 2. The minimum atomic E-state index is -0.334. The molecule has 1 aliphatic heterocycles. The van der Waals surface area contributed by atoms with Crippen LogP contribution in [-0.2, 0) is 9.59 Å². The van der Waals surface area contributed by atoms with Gasteiger partial charge in [-0.2, -0.15) is 0 Å². The van der Waals surface area contributed by atoms with E-state index < -0.39 is 0 Å². The van der Waals surface area contributed by atoms with Crippen molar-refractivity contribution in [2.24, 2.45) is 0 Å². The summed E-state index contributed by atoms with van der Waals surface area (Å²) >= 11 is 6.51. The molecule has 2 aromatic rings. The van der Waals surface area contributed by atoms with Gasteiger partial charge in [-0.05, 0) is 42.8 Å². The molecule has 1 heterocycles. The third-order valence-corrected chi connectivity index (χ3v) is 5.79. The molecule has 0 bridgehead atoms. The molecular weight excluding hydrogens is 436 g/mol. The average Bonchev–Trinajstić information content (AvgIpc) is 3.05. The number of thioether (sulfide) groups is 1. The van der Waals surface area contributed by atoms with Crippen molar-refractivity contribution >= 4 is 51.9 Å². The third kappa shape index (κ3) is 5.36. The Morgan fingerprint density at radius 1 is 1.13 bits per heavy atom. The largest absolute Gasteiger partial charge is 0.495 e. The molecule has 1 aliphatic rings. The molecule has 0 aliphatic carbocycles. The van der Waals surface area contributed by atoms with Gasteiger partial charge in [0.05, 0.1) is 24.8 Å². The summed E-state index contributed by atoms with van der Waals surface area (Å²) in [7, 11) is 3.05. The maximum Gasteiger partial charge on any atom is 0.266 e. The van der Waals surface area contributed by atoms with Gasteiger partial charge in [-0.3, -0.25) is 14.5 Å². The van der Waals surface area contributed by atoms with Crippen LogP contribution in [0.15, 0.2) is 47.4 Å². The van der Waals surface area contributed by atoms with Crippen LogP contribution in [-0.4, -0.2) is 48.4 Å². The highest BCUT2D eigenvalue weighted by atomic mass is 32.2. The van der Waals surface area contributed by atoms with Crippen molar-refractivity contribution in [1.29, 1.82) is 0 Å². The van der Waals surface area contributed by atoms with E-state index in [1.807, 2.05) is 13.0 Å². The fraction of sp³-hybridized carbons (Fsp3) is 0.227. The number of ether oxygens (including phenoxy) is 3. The Morgan fingerprint density at radius 2 is 1.87 bits per heavy atom. The fourth-order valence-electron chi connectivity index (χ4n) is 2.89. The van der Waals surface area contributed by atoms with Crippen LogP contribution in [0.25, 0.3) is 6.08 Å². The number of likely N-dealkylation sites (N-methyl/N-ethyl adjacent to an activating group) is 1. The molecule has 9 heteroatoms. The van der Waals surface area contributed by atoms with E-state index in [2.05, 4.69) is 5.32 Å². The Hall–Kier alpha value is -3.04. The van der Waals surface area contributed by atoms with E-state index in [-0.39, 0.29) is 18.4 Å². The van der Waals surface area contributed by atoms with Crippen molar-refractivity contribution in [2.45, 2.75) is 6.92 Å². The van der Waals surface area contributed by atoms with Gasteiger partial charge in [0.1, 0.15) is 10.1 Å². The summed E-state index contributed by atoms with van der Waals surface area (Å²) in [6.07, 6.45) is 1.76. The molecule has 3 rings (SSSR count). The average molecular weight is 459 g/mol. The molecule has 1 fully saturated rings. The zero-order valence-corrected chi connectivity index (χ0v) is 19.0. The molecule has 0 radical (unpaired) electrons. The summed E-state index contributed by atoms with van der Waals surface area (Å²) in [6.45, 7) is 2.21. The van der Waals surface area contributed by atoms with Crippen LogP contribution in [0.1, 0.15) is 12.5 Å². The van der Waals surface area contributed by atoms with Gasteiger partial charge in [0.25, 0.3) is 11.8 Å². The molecule has 2 aromatic carbocycles. The monoisotopic (exact) mass is 458 g/mol. The number of amides is 2. The number of benzene rings is 2. The molecule has 2 amide bonds. The number of methoxy groups -OCH3 is 2. The van der Waals surface area contributed by atoms with E-state index in [9.17, 15) is 9.59 Å². The first-order valence-electron chi connectivity index (χ1n) is 9.46. The fourth-order valence-corrected chi connectivity index (χ4v) is 4.28. The summed E-state index contributed by atoms with van der Waals surface area (Å²) < 4.78 is 16.8. The predicted molar refractivity (Wildman–Crippen MR) is 126 cm³/mol. The lowest BCUT2D eigenvalue weighted by atomic mass is 10.2. The van der Waals surface area contributed by atoms with Gasteiger partial charge in [0.2, 0.25) is 0 Å². The lowest BCUT2D eigenvalue weighted by molar-refractivity contribution is -0.122. The topological polar surface area (TPSA) is 77.1 Å². The van der Waals surface area contributed by atoms with Gasteiger partial charge in [-0.15, -0.1) is 0 Å². The highest BCUT2D eigenvalue weighted by Crippen LogP contribution is 2.34. The number of anilines is 1. The van der Waals surface area contributed by atoms with Gasteiger partial charge in [-0.25, -0.2) is 0 Å². The molecule has 7 nitrogen and oxygen atoms in total. The number of carbonyl (C=O) groups is 2. The maximum atomic E-state index is 12.4. The molecule has 1 saturated heterocycles. The Bertz CT molecular complexity index is 1040. The number of nitrogens with zero attached hydrogens (tertiary/aromatic N) is 1. The second-order valence-corrected chi connectivity index (χ2v) is 8.05. The van der Waals surface area contributed by atoms with Gasteiger partial charge in [0, 0.05) is 6.54 Å². The van der Waals surface area contributed by atoms with Gasteiger partial charge >= 0.3 is 0 Å². The summed E-state index contributed by atoms with van der Waals surface area (Å²) in [5.41, 5.74) is 1.32. The van der Waals surface area contributed by atoms with Crippen molar-refractivity contribution in [2.75, 3.05) is 32.7 Å². The third-order valence-electron chi connectivity index (χ3n) is 4.42. The van der Waals surface area contributed by atoms with Crippen LogP contribution in [0.2, 0.25) is 0 Å². The first kappa shape index (κ1) is 22.6. The van der Waals surface area contributed by atoms with Crippen LogP contribution in [0.4, 0.5) is 5.69 Å². The number of thiocarbonyl (C=S) groups is 1. The van der Waals surface area contributed by atoms with Crippen LogP contribution in [0, 0.1) is 0 Å². The summed E-state index contributed by atoms with van der Waals surface area (Å²) in [5.74, 6) is 0.982. The first-order valence-corrected chi connectivity index (χ1v) is 10.7. The summed E-state index contributed by atoms with van der Waals surface area (Å²) in [4.78, 5) is 26.8. The van der Waals surface area contributed by atoms with E-state index in [0.717, 1.165) is 5.56 Å². The number of hydrogen-bond donors (Lipinski definition) is 1. The first-order chi connectivity index (χ1) is 15.0. The molecule has 0 aromatic heterocycles. The van der Waals surface area contributed by atoms with E-state index >= 15 is 0 Å². The maximum absolute atomic E-state index is 12.4. The molecular formula is C22H22N2O5S2. The van der Waals surface area contributed by atoms with Gasteiger partial charge in [-0.1, -0.05) is 42.2 Å². The van der Waals surface area contributed by atoms with Crippen molar-refractivity contribution in [3.8, 4) is 17.2 Å². The normalized spacial score (nSPS) is 14.7. The number of rotatable bonds is 8. The summed E-state index contributed by atoms with van der Waals surface area (Å²) in [5, 5.41) is 2.75. The van der Waals surface area contributed by atoms with Crippen molar-refractivity contribution in [3.63, 3.8) is 0 Å². The van der Waals surface area contributed by atoms with Crippen LogP contribution in [0.5, 0.6) is 17.2 Å².